The maximum absolute atomic E-state index is 9.86. The highest BCUT2D eigenvalue weighted by atomic mass is 16.3. The van der Waals surface area contributed by atoms with Crippen LogP contribution in [0.3, 0.4) is 0 Å². The van der Waals surface area contributed by atoms with Gasteiger partial charge < -0.3 is 10.0 Å². The lowest BCUT2D eigenvalue weighted by molar-refractivity contribution is 0.0876. The third-order valence-corrected chi connectivity index (χ3v) is 2.66. The fraction of sp³-hybridized carbons (Fsp3) is 0.500. The van der Waals surface area contributed by atoms with Crippen molar-refractivity contribution in [2.45, 2.75) is 33.3 Å². The van der Waals surface area contributed by atoms with E-state index in [0.29, 0.717) is 12.1 Å². The molecule has 0 spiro atoms. The number of aliphatic hydroxyl groups is 1. The van der Waals surface area contributed by atoms with E-state index < -0.39 is 5.60 Å². The second-order valence-corrected chi connectivity index (χ2v) is 4.94. The van der Waals surface area contributed by atoms with Gasteiger partial charge in [0, 0.05) is 18.8 Å². The van der Waals surface area contributed by atoms with Gasteiger partial charge in [0.2, 0.25) is 0 Å². The van der Waals surface area contributed by atoms with Crippen LogP contribution in [0.15, 0.2) is 18.2 Å². The number of aryl methyl sites for hydroxylation is 1. The van der Waals surface area contributed by atoms with Gasteiger partial charge in [-0.05, 0) is 51.5 Å². The largest absolute Gasteiger partial charge is 0.389 e. The Morgan fingerprint density at radius 3 is 2.47 bits per heavy atom. The number of hydrogen-bond acceptors (Lipinski definition) is 3. The molecule has 0 aliphatic heterocycles. The van der Waals surface area contributed by atoms with Crippen LogP contribution >= 0.6 is 0 Å². The first-order valence-electron chi connectivity index (χ1n) is 5.85. The molecule has 1 aromatic carbocycles. The Balaban J connectivity index is 2.98. The summed E-state index contributed by atoms with van der Waals surface area (Å²) in [5, 5.41) is 18.7. The molecule has 3 heteroatoms. The third kappa shape index (κ3) is 3.76. The minimum absolute atomic E-state index is 0.578. The number of benzene rings is 1. The number of likely N-dealkylation sites (N-methyl/N-ethyl adjacent to an activating group) is 1. The number of anilines is 1. The summed E-state index contributed by atoms with van der Waals surface area (Å²) in [7, 11) is 0. The molecule has 1 N–H and O–H groups in total. The number of rotatable bonds is 4. The van der Waals surface area contributed by atoms with Crippen molar-refractivity contribution in [1.29, 1.82) is 5.26 Å². The lowest BCUT2D eigenvalue weighted by Gasteiger charge is -2.30. The van der Waals surface area contributed by atoms with Crippen LogP contribution in [0, 0.1) is 18.3 Å². The molecule has 0 saturated heterocycles. The van der Waals surface area contributed by atoms with Gasteiger partial charge in [0.15, 0.2) is 0 Å². The number of nitrogens with zero attached hydrogens (tertiary/aromatic N) is 2. The first kappa shape index (κ1) is 13.5. The van der Waals surface area contributed by atoms with Crippen molar-refractivity contribution < 1.29 is 5.11 Å². The minimum Gasteiger partial charge on any atom is -0.389 e. The van der Waals surface area contributed by atoms with Gasteiger partial charge >= 0.3 is 0 Å². The normalized spacial score (nSPS) is 11.1. The van der Waals surface area contributed by atoms with Crippen molar-refractivity contribution >= 4 is 5.69 Å². The zero-order valence-corrected chi connectivity index (χ0v) is 11.0. The Kier molecular flexibility index (Phi) is 4.14. The topological polar surface area (TPSA) is 47.3 Å². The van der Waals surface area contributed by atoms with Gasteiger partial charge in [-0.1, -0.05) is 0 Å². The third-order valence-electron chi connectivity index (χ3n) is 2.66. The highest BCUT2D eigenvalue weighted by Crippen LogP contribution is 2.20. The van der Waals surface area contributed by atoms with E-state index in [2.05, 4.69) is 17.9 Å². The first-order chi connectivity index (χ1) is 7.87. The van der Waals surface area contributed by atoms with E-state index in [0.717, 1.165) is 17.8 Å². The van der Waals surface area contributed by atoms with E-state index in [9.17, 15) is 5.11 Å². The Bertz CT molecular complexity index is 427. The standard InChI is InChI=1S/C14H20N2O/c1-5-16(10-14(3,4)17)13-7-6-12(9-15)11(2)8-13/h6-8,17H,5,10H2,1-4H3. The summed E-state index contributed by atoms with van der Waals surface area (Å²) >= 11 is 0. The molecular formula is C14H20N2O. The van der Waals surface area contributed by atoms with Crippen LogP contribution in [0.5, 0.6) is 0 Å². The lowest BCUT2D eigenvalue weighted by Crippen LogP contribution is -2.38. The summed E-state index contributed by atoms with van der Waals surface area (Å²) < 4.78 is 0. The maximum atomic E-state index is 9.86. The van der Waals surface area contributed by atoms with Gasteiger partial charge in [-0.15, -0.1) is 0 Å². The molecule has 92 valence electrons. The van der Waals surface area contributed by atoms with Crippen LogP contribution in [-0.4, -0.2) is 23.8 Å². The molecule has 0 bridgehead atoms. The lowest BCUT2D eigenvalue weighted by atomic mass is 10.1. The fourth-order valence-corrected chi connectivity index (χ4v) is 1.82. The second-order valence-electron chi connectivity index (χ2n) is 4.94. The zero-order valence-electron chi connectivity index (χ0n) is 11.0. The Labute approximate surface area is 103 Å². The van der Waals surface area contributed by atoms with Gasteiger partial charge in [0.25, 0.3) is 0 Å². The molecule has 0 amide bonds. The van der Waals surface area contributed by atoms with Crippen LogP contribution in [0.1, 0.15) is 31.9 Å². The van der Waals surface area contributed by atoms with E-state index in [4.69, 9.17) is 5.26 Å². The van der Waals surface area contributed by atoms with Crippen LogP contribution in [0.25, 0.3) is 0 Å². The van der Waals surface area contributed by atoms with E-state index in [1.165, 1.54) is 0 Å². The fourth-order valence-electron chi connectivity index (χ4n) is 1.82. The predicted octanol–water partition coefficient (Wildman–Crippen LogP) is 2.46. The SMILES string of the molecule is CCN(CC(C)(C)O)c1ccc(C#N)c(C)c1. The quantitative estimate of drug-likeness (QED) is 0.867. The molecule has 0 aliphatic rings. The molecule has 17 heavy (non-hydrogen) atoms. The van der Waals surface area contributed by atoms with E-state index in [1.54, 1.807) is 13.8 Å². The average Bonchev–Trinajstić information content (AvgIpc) is 2.24. The van der Waals surface area contributed by atoms with Gasteiger partial charge in [-0.3, -0.25) is 0 Å². The first-order valence-corrected chi connectivity index (χ1v) is 5.85. The Morgan fingerprint density at radius 2 is 2.06 bits per heavy atom. The van der Waals surface area contributed by atoms with Gasteiger partial charge in [0.05, 0.1) is 17.2 Å². The van der Waals surface area contributed by atoms with Crippen LogP contribution < -0.4 is 4.90 Å². The smallest absolute Gasteiger partial charge is 0.0994 e. The summed E-state index contributed by atoms with van der Waals surface area (Å²) in [5.41, 5.74) is 2.00. The molecule has 0 aromatic heterocycles. The van der Waals surface area contributed by atoms with Crippen molar-refractivity contribution in [2.75, 3.05) is 18.0 Å². The highest BCUT2D eigenvalue weighted by Gasteiger charge is 2.17. The van der Waals surface area contributed by atoms with Crippen molar-refractivity contribution in [3.05, 3.63) is 29.3 Å². The summed E-state index contributed by atoms with van der Waals surface area (Å²) in [4.78, 5) is 2.11. The molecule has 0 saturated carbocycles. The van der Waals surface area contributed by atoms with Crippen LogP contribution in [0.4, 0.5) is 5.69 Å². The highest BCUT2D eigenvalue weighted by molar-refractivity contribution is 5.53. The molecule has 0 radical (unpaired) electrons. The molecule has 1 aromatic rings. The van der Waals surface area contributed by atoms with Crippen molar-refractivity contribution in [2.24, 2.45) is 0 Å². The van der Waals surface area contributed by atoms with Gasteiger partial charge in [0.1, 0.15) is 0 Å². The molecule has 0 unspecified atom stereocenters. The number of nitriles is 1. The molecule has 3 nitrogen and oxygen atoms in total. The molecule has 0 heterocycles. The summed E-state index contributed by atoms with van der Waals surface area (Å²) in [6, 6.07) is 7.92. The summed E-state index contributed by atoms with van der Waals surface area (Å²) in [6.07, 6.45) is 0. The molecule has 0 atom stereocenters. The molecular weight excluding hydrogens is 212 g/mol. The number of hydrogen-bond donors (Lipinski definition) is 1. The van der Waals surface area contributed by atoms with E-state index >= 15 is 0 Å². The average molecular weight is 232 g/mol. The molecule has 0 fully saturated rings. The van der Waals surface area contributed by atoms with Crippen molar-refractivity contribution in [1.82, 2.24) is 0 Å². The summed E-state index contributed by atoms with van der Waals surface area (Å²) in [5.74, 6) is 0. The Hall–Kier alpha value is -1.53. The van der Waals surface area contributed by atoms with Crippen molar-refractivity contribution in [3.8, 4) is 6.07 Å². The van der Waals surface area contributed by atoms with Gasteiger partial charge in [-0.25, -0.2) is 0 Å². The second kappa shape index (κ2) is 5.20. The monoisotopic (exact) mass is 232 g/mol. The van der Waals surface area contributed by atoms with Crippen LogP contribution in [0.2, 0.25) is 0 Å². The summed E-state index contributed by atoms with van der Waals surface area (Å²) in [6.45, 7) is 8.99. The maximum Gasteiger partial charge on any atom is 0.0994 e. The Morgan fingerprint density at radius 1 is 1.41 bits per heavy atom. The van der Waals surface area contributed by atoms with Crippen LogP contribution in [-0.2, 0) is 0 Å². The van der Waals surface area contributed by atoms with Gasteiger partial charge in [-0.2, -0.15) is 5.26 Å². The predicted molar refractivity (Wildman–Crippen MR) is 70.1 cm³/mol. The molecule has 0 aliphatic carbocycles. The zero-order chi connectivity index (χ0) is 13.1. The van der Waals surface area contributed by atoms with E-state index in [1.807, 2.05) is 25.1 Å². The molecule has 1 rings (SSSR count). The van der Waals surface area contributed by atoms with Crippen molar-refractivity contribution in [3.63, 3.8) is 0 Å². The van der Waals surface area contributed by atoms with E-state index in [-0.39, 0.29) is 0 Å². The minimum atomic E-state index is -0.724.